The zero-order valence-electron chi connectivity index (χ0n) is 41.8. The van der Waals surface area contributed by atoms with E-state index in [2.05, 4.69) is 31.3 Å². The molecule has 368 valence electrons. The van der Waals surface area contributed by atoms with Crippen molar-refractivity contribution in [2.75, 3.05) is 40.9 Å². The first-order chi connectivity index (χ1) is 30.0. The van der Waals surface area contributed by atoms with Gasteiger partial charge >= 0.3 is 0 Å². The summed E-state index contributed by atoms with van der Waals surface area (Å²) in [6.45, 7) is 4.61. The normalized spacial score (nSPS) is 14.2. The van der Waals surface area contributed by atoms with E-state index in [0.717, 1.165) is 38.5 Å². The van der Waals surface area contributed by atoms with Gasteiger partial charge in [-0.2, -0.15) is 0 Å². The van der Waals surface area contributed by atoms with Crippen molar-refractivity contribution in [2.45, 2.75) is 270 Å². The maximum atomic E-state index is 12.8. The fourth-order valence-electron chi connectivity index (χ4n) is 7.94. The van der Waals surface area contributed by atoms with Crippen molar-refractivity contribution in [3.8, 4) is 0 Å². The standard InChI is InChI=1S/C53H105N2O6P/c1-6-8-10-12-14-16-17-18-19-20-21-22-23-24-25-26-27-28-29-30-31-32-33-34-35-36-37-38-39-40-42-44-46-52(56)51(50-61-62(58,59)60-49-48-55(3,4)5)54-53(57)47-45-43-41-15-13-11-9-7-2/h38-39,44,46,51-52,56H,6-37,40-43,45,47-50H2,1-5H3,(H-,54,57,58,59)/b39-38+,46-44+. The monoisotopic (exact) mass is 897 g/mol. The van der Waals surface area contributed by atoms with Gasteiger partial charge in [0.25, 0.3) is 7.82 Å². The Morgan fingerprint density at radius 3 is 1.31 bits per heavy atom. The second-order valence-corrected chi connectivity index (χ2v) is 21.0. The Kier molecular flexibility index (Phi) is 44.4. The molecule has 1 amide bonds. The largest absolute Gasteiger partial charge is 0.756 e. The average molecular weight is 897 g/mol. The number of likely N-dealkylation sites (N-methyl/N-ethyl adjacent to an activating group) is 1. The molecular formula is C53H105N2O6P. The minimum Gasteiger partial charge on any atom is -0.756 e. The van der Waals surface area contributed by atoms with E-state index in [1.807, 2.05) is 27.2 Å². The molecule has 0 spiro atoms. The quantitative estimate of drug-likeness (QED) is 0.0273. The molecule has 2 N–H and O–H groups in total. The molecule has 0 aliphatic heterocycles. The number of quaternary nitrogens is 1. The number of nitrogens with one attached hydrogen (secondary N) is 1. The number of amides is 1. The lowest BCUT2D eigenvalue weighted by molar-refractivity contribution is -0.870. The highest BCUT2D eigenvalue weighted by molar-refractivity contribution is 7.45. The van der Waals surface area contributed by atoms with E-state index in [1.54, 1.807) is 6.08 Å². The number of nitrogens with zero attached hydrogens (tertiary/aromatic N) is 1. The van der Waals surface area contributed by atoms with Gasteiger partial charge in [0.2, 0.25) is 5.91 Å². The highest BCUT2D eigenvalue weighted by Gasteiger charge is 2.23. The van der Waals surface area contributed by atoms with Gasteiger partial charge in [-0.05, 0) is 32.1 Å². The summed E-state index contributed by atoms with van der Waals surface area (Å²) in [6.07, 6.45) is 55.8. The van der Waals surface area contributed by atoms with Crippen LogP contribution in [0.1, 0.15) is 258 Å². The van der Waals surface area contributed by atoms with E-state index in [0.29, 0.717) is 17.4 Å². The van der Waals surface area contributed by atoms with Crippen LogP contribution in [0.5, 0.6) is 0 Å². The third kappa shape index (κ3) is 47.0. The van der Waals surface area contributed by atoms with Crippen molar-refractivity contribution in [3.05, 3.63) is 24.3 Å². The molecule has 0 aromatic heterocycles. The van der Waals surface area contributed by atoms with E-state index < -0.39 is 20.0 Å². The number of rotatable bonds is 49. The number of carbonyl (C=O) groups excluding carboxylic acids is 1. The van der Waals surface area contributed by atoms with Crippen LogP contribution in [0.4, 0.5) is 0 Å². The van der Waals surface area contributed by atoms with Gasteiger partial charge in [-0.3, -0.25) is 9.36 Å². The number of unbranched alkanes of at least 4 members (excludes halogenated alkanes) is 34. The van der Waals surface area contributed by atoms with Crippen LogP contribution in [0.3, 0.4) is 0 Å². The number of aliphatic hydroxyl groups is 1. The summed E-state index contributed by atoms with van der Waals surface area (Å²) in [5.41, 5.74) is 0. The van der Waals surface area contributed by atoms with Gasteiger partial charge < -0.3 is 28.8 Å². The molecule has 8 nitrogen and oxygen atoms in total. The van der Waals surface area contributed by atoms with Crippen LogP contribution in [-0.4, -0.2) is 68.5 Å². The van der Waals surface area contributed by atoms with E-state index >= 15 is 0 Å². The molecule has 0 aromatic rings. The van der Waals surface area contributed by atoms with Gasteiger partial charge in [-0.25, -0.2) is 0 Å². The van der Waals surface area contributed by atoms with Crippen molar-refractivity contribution in [3.63, 3.8) is 0 Å². The fraction of sp³-hybridized carbons (Fsp3) is 0.906. The van der Waals surface area contributed by atoms with Crippen molar-refractivity contribution in [1.82, 2.24) is 5.32 Å². The van der Waals surface area contributed by atoms with Gasteiger partial charge in [0.1, 0.15) is 13.2 Å². The number of hydrogen-bond acceptors (Lipinski definition) is 6. The molecule has 0 aromatic carbocycles. The van der Waals surface area contributed by atoms with Gasteiger partial charge in [-0.1, -0.05) is 244 Å². The summed E-state index contributed by atoms with van der Waals surface area (Å²) in [4.78, 5) is 25.2. The number of phosphoric acid groups is 1. The van der Waals surface area contributed by atoms with Crippen LogP contribution >= 0.6 is 7.82 Å². The first-order valence-electron chi connectivity index (χ1n) is 26.7. The predicted molar refractivity (Wildman–Crippen MR) is 265 cm³/mol. The second-order valence-electron chi connectivity index (χ2n) is 19.6. The fourth-order valence-corrected chi connectivity index (χ4v) is 8.66. The predicted octanol–water partition coefficient (Wildman–Crippen LogP) is 15.0. The van der Waals surface area contributed by atoms with E-state index in [1.165, 1.54) is 199 Å². The molecule has 3 atom stereocenters. The molecule has 0 aliphatic rings. The van der Waals surface area contributed by atoms with Crippen LogP contribution in [-0.2, 0) is 18.4 Å². The summed E-state index contributed by atoms with van der Waals surface area (Å²) in [5, 5.41) is 13.7. The molecule has 0 saturated carbocycles. The maximum absolute atomic E-state index is 12.8. The Bertz CT molecular complexity index is 1060. The smallest absolute Gasteiger partial charge is 0.268 e. The van der Waals surface area contributed by atoms with E-state index in [9.17, 15) is 19.4 Å². The Hall–Kier alpha value is -1.02. The lowest BCUT2D eigenvalue weighted by atomic mass is 10.0. The lowest BCUT2D eigenvalue weighted by Crippen LogP contribution is -2.45. The van der Waals surface area contributed by atoms with Crippen LogP contribution < -0.4 is 10.2 Å². The summed E-state index contributed by atoms with van der Waals surface area (Å²) in [7, 11) is 1.25. The second kappa shape index (κ2) is 45.1. The molecule has 0 fully saturated rings. The summed E-state index contributed by atoms with van der Waals surface area (Å²) in [6, 6.07) is -0.897. The van der Waals surface area contributed by atoms with E-state index in [4.69, 9.17) is 9.05 Å². The molecule has 0 rings (SSSR count). The zero-order chi connectivity index (χ0) is 45.7. The Labute approximate surface area is 385 Å². The molecule has 3 unspecified atom stereocenters. The topological polar surface area (TPSA) is 108 Å². The molecule has 62 heavy (non-hydrogen) atoms. The van der Waals surface area contributed by atoms with Crippen molar-refractivity contribution < 1.29 is 32.9 Å². The Balaban J connectivity index is 4.00. The third-order valence-corrected chi connectivity index (χ3v) is 13.1. The molecular weight excluding hydrogens is 792 g/mol. The number of aliphatic hydroxyl groups excluding tert-OH is 1. The number of phosphoric ester groups is 1. The highest BCUT2D eigenvalue weighted by atomic mass is 31.2. The van der Waals surface area contributed by atoms with Crippen LogP contribution in [0.15, 0.2) is 24.3 Å². The summed E-state index contributed by atoms with van der Waals surface area (Å²) >= 11 is 0. The minimum atomic E-state index is -4.59. The van der Waals surface area contributed by atoms with Gasteiger partial charge in [0.05, 0.1) is 39.9 Å². The van der Waals surface area contributed by atoms with Gasteiger partial charge in [0.15, 0.2) is 0 Å². The average Bonchev–Trinajstić information content (AvgIpc) is 3.23. The number of hydrogen-bond donors (Lipinski definition) is 2. The van der Waals surface area contributed by atoms with Crippen LogP contribution in [0.25, 0.3) is 0 Å². The van der Waals surface area contributed by atoms with Crippen molar-refractivity contribution >= 4 is 13.7 Å². The molecule has 0 heterocycles. The number of allylic oxidation sites excluding steroid dienone is 3. The molecule has 0 bridgehead atoms. The molecule has 0 radical (unpaired) electrons. The van der Waals surface area contributed by atoms with Gasteiger partial charge in [0, 0.05) is 6.42 Å². The first kappa shape index (κ1) is 61.0. The minimum absolute atomic E-state index is 0.00454. The summed E-state index contributed by atoms with van der Waals surface area (Å²) in [5.74, 6) is -0.210. The van der Waals surface area contributed by atoms with Crippen LogP contribution in [0.2, 0.25) is 0 Å². The third-order valence-electron chi connectivity index (χ3n) is 12.2. The number of carbonyl (C=O) groups is 1. The molecule has 0 aliphatic carbocycles. The maximum Gasteiger partial charge on any atom is 0.268 e. The van der Waals surface area contributed by atoms with E-state index in [-0.39, 0.29) is 19.1 Å². The Morgan fingerprint density at radius 2 is 0.903 bits per heavy atom. The Morgan fingerprint density at radius 1 is 0.548 bits per heavy atom. The SMILES string of the molecule is CCCCCCCCCCCCCCCCCCCCCCCCCCCC/C=C/CC/C=C/C(O)C(COP(=O)([O-])OCC[N+](C)(C)C)NC(=O)CCCCCCCCCC. The highest BCUT2D eigenvalue weighted by Crippen LogP contribution is 2.38. The summed E-state index contributed by atoms with van der Waals surface area (Å²) < 4.78 is 23.2. The molecule has 0 saturated heterocycles. The van der Waals surface area contributed by atoms with Crippen LogP contribution in [0, 0.1) is 0 Å². The van der Waals surface area contributed by atoms with Crippen molar-refractivity contribution in [1.29, 1.82) is 0 Å². The van der Waals surface area contributed by atoms with Crippen molar-refractivity contribution in [2.24, 2.45) is 0 Å². The zero-order valence-corrected chi connectivity index (χ0v) is 42.7. The lowest BCUT2D eigenvalue weighted by Gasteiger charge is -2.29. The van der Waals surface area contributed by atoms with Gasteiger partial charge in [-0.15, -0.1) is 0 Å². The molecule has 9 heteroatoms. The first-order valence-corrected chi connectivity index (χ1v) is 28.2.